The van der Waals surface area contributed by atoms with Crippen molar-refractivity contribution in [3.05, 3.63) is 34.3 Å². The maximum atomic E-state index is 13.1. The molecule has 4 rings (SSSR count). The van der Waals surface area contributed by atoms with Crippen molar-refractivity contribution in [2.75, 3.05) is 52.6 Å². The highest BCUT2D eigenvalue weighted by Crippen LogP contribution is 2.37. The Balaban J connectivity index is 0.00000289. The van der Waals surface area contributed by atoms with E-state index in [9.17, 15) is 13.2 Å². The molecule has 0 aromatic rings. The summed E-state index contributed by atoms with van der Waals surface area (Å²) >= 11 is 0. The lowest BCUT2D eigenvalue weighted by molar-refractivity contribution is -0.131. The molecule has 1 saturated carbocycles. The van der Waals surface area contributed by atoms with Crippen LogP contribution in [0.4, 0.5) is 0 Å². The lowest BCUT2D eigenvalue weighted by atomic mass is 10.2. The molecule has 4 aliphatic rings. The minimum Gasteiger partial charge on any atom is -0.393 e. The summed E-state index contributed by atoms with van der Waals surface area (Å²) in [6.45, 7) is 5.63. The second kappa shape index (κ2) is 8.43. The topological polar surface area (TPSA) is 143 Å². The fourth-order valence-corrected chi connectivity index (χ4v) is 5.18. The van der Waals surface area contributed by atoms with E-state index >= 15 is 0 Å². The number of sulfonamides is 1. The molecule has 5 N–H and O–H groups in total. The van der Waals surface area contributed by atoms with Crippen molar-refractivity contribution in [1.82, 2.24) is 19.5 Å². The number of nitrogens with zero attached hydrogens (tertiary/aromatic N) is 3. The molecular formula is C19H32N6O5S. The molecule has 3 heterocycles. The summed E-state index contributed by atoms with van der Waals surface area (Å²) in [7, 11) is -3.83. The van der Waals surface area contributed by atoms with Crippen LogP contribution in [0, 0.1) is 0 Å². The van der Waals surface area contributed by atoms with Gasteiger partial charge >= 0.3 is 0 Å². The summed E-state index contributed by atoms with van der Waals surface area (Å²) in [4.78, 5) is 16.5. The van der Waals surface area contributed by atoms with E-state index in [-0.39, 0.29) is 17.7 Å². The van der Waals surface area contributed by atoms with Gasteiger partial charge in [0.05, 0.1) is 37.0 Å². The first-order valence-electron chi connectivity index (χ1n) is 10.4. The molecule has 0 spiro atoms. The lowest BCUT2D eigenvalue weighted by Gasteiger charge is -2.38. The smallest absolute Gasteiger partial charge is 0.272 e. The van der Waals surface area contributed by atoms with E-state index in [0.29, 0.717) is 58.4 Å². The van der Waals surface area contributed by atoms with Crippen LogP contribution in [-0.2, 0) is 24.3 Å². The zero-order chi connectivity index (χ0) is 22.2. The third kappa shape index (κ3) is 4.72. The van der Waals surface area contributed by atoms with Crippen molar-refractivity contribution in [3.63, 3.8) is 0 Å². The van der Waals surface area contributed by atoms with Crippen molar-refractivity contribution in [2.24, 2.45) is 11.6 Å². The van der Waals surface area contributed by atoms with E-state index in [1.165, 1.54) is 17.2 Å². The summed E-state index contributed by atoms with van der Waals surface area (Å²) < 4.78 is 39.7. The fraction of sp³-hybridized carbons (Fsp3) is 0.632. The summed E-state index contributed by atoms with van der Waals surface area (Å²) in [5.74, 6) is 6.42. The Hall–Kier alpha value is -2.12. The van der Waals surface area contributed by atoms with Gasteiger partial charge in [-0.05, 0) is 25.8 Å². The fourth-order valence-electron chi connectivity index (χ4n) is 3.68. The molecule has 1 aliphatic carbocycles. The lowest BCUT2D eigenvalue weighted by Crippen LogP contribution is -2.48. The van der Waals surface area contributed by atoms with Crippen molar-refractivity contribution in [1.29, 1.82) is 0 Å². The van der Waals surface area contributed by atoms with Gasteiger partial charge in [0.1, 0.15) is 11.5 Å². The van der Waals surface area contributed by atoms with E-state index < -0.39 is 21.5 Å². The van der Waals surface area contributed by atoms with E-state index in [1.807, 2.05) is 11.8 Å². The molecule has 12 heteroatoms. The minimum atomic E-state index is -3.83. The predicted octanol–water partition coefficient (Wildman–Crippen LogP) is -1.02. The molecule has 3 fully saturated rings. The molecule has 174 valence electrons. The number of hydrogen-bond acceptors (Lipinski definition) is 9. The number of nitrogens with two attached hydrogens (primary N) is 2. The first-order chi connectivity index (χ1) is 14.7. The monoisotopic (exact) mass is 456 g/mol. The van der Waals surface area contributed by atoms with Gasteiger partial charge in [-0.3, -0.25) is 9.80 Å². The number of rotatable bonds is 5. The highest BCUT2D eigenvalue weighted by molar-refractivity contribution is 7.93. The Morgan fingerprint density at radius 3 is 2.26 bits per heavy atom. The average Bonchev–Trinajstić information content (AvgIpc) is 3.49. The summed E-state index contributed by atoms with van der Waals surface area (Å²) in [6.07, 6.45) is 4.45. The number of carbonyl (C=O) groups excluding carboxylic acids is 1. The number of allylic oxidation sites excluding steroid dienone is 2. The molecule has 0 aromatic carbocycles. The van der Waals surface area contributed by atoms with Gasteiger partial charge in [0.25, 0.3) is 5.91 Å². The molecule has 31 heavy (non-hydrogen) atoms. The van der Waals surface area contributed by atoms with Crippen LogP contribution in [0.15, 0.2) is 34.3 Å². The van der Waals surface area contributed by atoms with Crippen molar-refractivity contribution in [3.8, 4) is 0 Å². The third-order valence-electron chi connectivity index (χ3n) is 5.89. The molecule has 0 aromatic heterocycles. The van der Waals surface area contributed by atoms with Gasteiger partial charge in [-0.1, -0.05) is 0 Å². The van der Waals surface area contributed by atoms with Crippen LogP contribution in [0.1, 0.15) is 21.2 Å². The van der Waals surface area contributed by atoms with Crippen molar-refractivity contribution < 1.29 is 24.1 Å². The van der Waals surface area contributed by atoms with Gasteiger partial charge in [0.2, 0.25) is 10.0 Å². The Labute approximate surface area is 183 Å². The molecule has 0 bridgehead atoms. The van der Waals surface area contributed by atoms with Crippen LogP contribution in [0.3, 0.4) is 0 Å². The van der Waals surface area contributed by atoms with Gasteiger partial charge in [0, 0.05) is 39.2 Å². The maximum absolute atomic E-state index is 13.1. The second-order valence-electron chi connectivity index (χ2n) is 8.39. The van der Waals surface area contributed by atoms with Crippen LogP contribution in [0.2, 0.25) is 0 Å². The summed E-state index contributed by atoms with van der Waals surface area (Å²) in [6, 6.07) is 0. The number of morpholine rings is 2. The maximum Gasteiger partial charge on any atom is 0.272 e. The predicted molar refractivity (Wildman–Crippen MR) is 115 cm³/mol. The average molecular weight is 457 g/mol. The van der Waals surface area contributed by atoms with Gasteiger partial charge in [-0.15, -0.1) is 0 Å². The zero-order valence-corrected chi connectivity index (χ0v) is 18.5. The molecular weight excluding hydrogens is 424 g/mol. The first-order valence-corrected chi connectivity index (χ1v) is 11.9. The quantitative estimate of drug-likeness (QED) is 0.350. The van der Waals surface area contributed by atoms with E-state index in [0.717, 1.165) is 12.8 Å². The molecule has 2 saturated heterocycles. The van der Waals surface area contributed by atoms with Crippen molar-refractivity contribution >= 4 is 15.9 Å². The number of hydrazine groups is 1. The minimum absolute atomic E-state index is 0. The molecule has 3 aliphatic heterocycles. The van der Waals surface area contributed by atoms with Gasteiger partial charge in [0.15, 0.2) is 0 Å². The molecule has 0 atom stereocenters. The van der Waals surface area contributed by atoms with Crippen molar-refractivity contribution in [2.45, 2.75) is 25.3 Å². The van der Waals surface area contributed by atoms with Crippen LogP contribution in [0.25, 0.3) is 0 Å². The number of nitrogens with one attached hydrogen (secondary N) is 1. The van der Waals surface area contributed by atoms with Crippen LogP contribution in [0.5, 0.6) is 0 Å². The van der Waals surface area contributed by atoms with Gasteiger partial charge < -0.3 is 25.0 Å². The number of ether oxygens (including phenoxy) is 2. The molecule has 0 radical (unpaired) electrons. The summed E-state index contributed by atoms with van der Waals surface area (Å²) in [5.41, 5.74) is 5.86. The van der Waals surface area contributed by atoms with E-state index in [2.05, 4.69) is 4.72 Å². The van der Waals surface area contributed by atoms with Crippen LogP contribution >= 0.6 is 0 Å². The summed E-state index contributed by atoms with van der Waals surface area (Å²) in [5, 5.41) is 1.29. The number of amides is 1. The first kappa shape index (κ1) is 22.1. The Bertz CT molecular complexity index is 934. The van der Waals surface area contributed by atoms with Gasteiger partial charge in [-0.25, -0.2) is 19.0 Å². The number of carbonyl (C=O) groups is 1. The Morgan fingerprint density at radius 2 is 1.68 bits per heavy atom. The Morgan fingerprint density at radius 1 is 1.10 bits per heavy atom. The number of hydrogen-bond donors (Lipinski definition) is 3. The largest absolute Gasteiger partial charge is 0.393 e. The van der Waals surface area contributed by atoms with Gasteiger partial charge in [-0.2, -0.15) is 0 Å². The highest BCUT2D eigenvalue weighted by Gasteiger charge is 2.42. The van der Waals surface area contributed by atoms with Crippen LogP contribution < -0.4 is 16.3 Å². The molecule has 0 unspecified atom stereocenters. The second-order valence-corrected chi connectivity index (χ2v) is 10.1. The zero-order valence-electron chi connectivity index (χ0n) is 17.7. The third-order valence-corrected chi connectivity index (χ3v) is 7.51. The normalized spacial score (nSPS) is 25.7. The standard InChI is InChI=1S/C19H30N6O5S.H2/c1-19(2-3-19)22-31(27,28)14-12-15(17(20)18(26)24-6-10-30-11-7-24)25(21)16(13-14)23-4-8-29-9-5-23;/h12-13,22H,2-11,20-21H2,1H3;1H/b17-15-;. The van der Waals surface area contributed by atoms with Crippen LogP contribution in [-0.4, -0.2) is 87.3 Å². The Kier molecular flexibility index (Phi) is 6.01. The molecule has 11 nitrogen and oxygen atoms in total. The SMILES string of the molecule is CC1(NS(=O)(=O)C2=C/C(=C(/N)C(=O)N3CCOCC3)N(N)C(N3CCOCC3)=C2)CC1.[HH]. The molecule has 1 amide bonds. The van der Waals surface area contributed by atoms with E-state index in [1.54, 1.807) is 4.90 Å². The van der Waals surface area contributed by atoms with E-state index in [4.69, 9.17) is 21.1 Å². The highest BCUT2D eigenvalue weighted by atomic mass is 32.2.